The van der Waals surface area contributed by atoms with Crippen LogP contribution in [-0.4, -0.2) is 26.5 Å². The van der Waals surface area contributed by atoms with E-state index in [2.05, 4.69) is 14.6 Å². The molecule has 1 aliphatic heterocycles. The first-order chi connectivity index (χ1) is 11.5. The van der Waals surface area contributed by atoms with Crippen molar-refractivity contribution in [3.63, 3.8) is 0 Å². The van der Waals surface area contributed by atoms with Crippen LogP contribution in [0.5, 0.6) is 0 Å². The molecule has 2 aromatic rings. The topological polar surface area (TPSA) is 62.3 Å². The van der Waals surface area contributed by atoms with E-state index in [0.717, 1.165) is 43.4 Å². The molecule has 24 heavy (non-hydrogen) atoms. The summed E-state index contributed by atoms with van der Waals surface area (Å²) in [6, 6.07) is 7.35. The zero-order valence-corrected chi connectivity index (χ0v) is 14.3. The lowest BCUT2D eigenvalue weighted by Crippen LogP contribution is -2.24. The van der Waals surface area contributed by atoms with Gasteiger partial charge in [0.05, 0.1) is 4.90 Å². The zero-order valence-electron chi connectivity index (χ0n) is 13.5. The molecule has 0 atom stereocenters. The molecule has 1 aromatic carbocycles. The molecule has 1 fully saturated rings. The number of rotatable bonds is 5. The van der Waals surface area contributed by atoms with Gasteiger partial charge in [0.15, 0.2) is 0 Å². The number of hydrogen-bond acceptors (Lipinski definition) is 4. The average molecular weight is 349 g/mol. The van der Waals surface area contributed by atoms with Gasteiger partial charge in [-0.15, -0.1) is 0 Å². The Bertz CT molecular complexity index is 833. The second-order valence-electron chi connectivity index (χ2n) is 5.95. The van der Waals surface area contributed by atoms with Crippen LogP contribution < -0.4 is 9.62 Å². The quantitative estimate of drug-likeness (QED) is 0.901. The molecule has 0 spiro atoms. The van der Waals surface area contributed by atoms with Crippen LogP contribution >= 0.6 is 0 Å². The van der Waals surface area contributed by atoms with E-state index in [1.165, 1.54) is 12.1 Å². The summed E-state index contributed by atoms with van der Waals surface area (Å²) in [6.45, 7) is 3.71. The lowest BCUT2D eigenvalue weighted by Gasteiger charge is -2.17. The molecule has 3 rings (SSSR count). The Hall–Kier alpha value is -1.99. The van der Waals surface area contributed by atoms with Crippen molar-refractivity contribution in [2.24, 2.45) is 0 Å². The van der Waals surface area contributed by atoms with Crippen molar-refractivity contribution in [2.75, 3.05) is 18.0 Å². The predicted octanol–water partition coefficient (Wildman–Crippen LogP) is 2.61. The molecule has 2 heterocycles. The molecule has 0 saturated carbocycles. The van der Waals surface area contributed by atoms with Gasteiger partial charge in [0, 0.05) is 25.8 Å². The van der Waals surface area contributed by atoms with E-state index < -0.39 is 15.8 Å². The van der Waals surface area contributed by atoms with Gasteiger partial charge in [-0.2, -0.15) is 0 Å². The maximum absolute atomic E-state index is 13.2. The van der Waals surface area contributed by atoms with E-state index in [9.17, 15) is 12.8 Å². The van der Waals surface area contributed by atoms with Crippen LogP contribution in [0.3, 0.4) is 0 Å². The molecule has 0 bridgehead atoms. The Morgan fingerprint density at radius 2 is 1.96 bits per heavy atom. The number of nitrogens with zero attached hydrogens (tertiary/aromatic N) is 2. The number of halogens is 1. The smallest absolute Gasteiger partial charge is 0.241 e. The fraction of sp³-hybridized carbons (Fsp3) is 0.353. The van der Waals surface area contributed by atoms with E-state index in [1.54, 1.807) is 19.2 Å². The highest BCUT2D eigenvalue weighted by atomic mass is 32.2. The molecule has 7 heteroatoms. The number of benzene rings is 1. The number of hydrogen-bond donors (Lipinski definition) is 1. The SMILES string of the molecule is Cc1cc(F)ccc1S(=O)(=O)NCc1ccnc(N2CCCC2)c1. The van der Waals surface area contributed by atoms with Gasteiger partial charge in [-0.05, 0) is 61.2 Å². The van der Waals surface area contributed by atoms with E-state index in [-0.39, 0.29) is 11.4 Å². The molecular weight excluding hydrogens is 329 g/mol. The number of nitrogens with one attached hydrogen (secondary N) is 1. The Balaban J connectivity index is 1.73. The Labute approximate surface area is 141 Å². The van der Waals surface area contributed by atoms with Gasteiger partial charge in [-0.3, -0.25) is 0 Å². The van der Waals surface area contributed by atoms with Crippen LogP contribution in [0.25, 0.3) is 0 Å². The van der Waals surface area contributed by atoms with Gasteiger partial charge in [-0.1, -0.05) is 0 Å². The summed E-state index contributed by atoms with van der Waals surface area (Å²) < 4.78 is 40.6. The third kappa shape index (κ3) is 3.73. The molecule has 0 aliphatic carbocycles. The van der Waals surface area contributed by atoms with Gasteiger partial charge in [0.1, 0.15) is 11.6 Å². The van der Waals surface area contributed by atoms with Crippen LogP contribution in [0.1, 0.15) is 24.0 Å². The fourth-order valence-corrected chi connectivity index (χ4v) is 4.10. The van der Waals surface area contributed by atoms with Gasteiger partial charge >= 0.3 is 0 Å². The van der Waals surface area contributed by atoms with Crippen LogP contribution in [0.4, 0.5) is 10.2 Å². The third-order valence-corrected chi connectivity index (χ3v) is 5.69. The van der Waals surface area contributed by atoms with Gasteiger partial charge in [-0.25, -0.2) is 22.5 Å². The molecule has 1 saturated heterocycles. The highest BCUT2D eigenvalue weighted by Gasteiger charge is 2.18. The highest BCUT2D eigenvalue weighted by Crippen LogP contribution is 2.20. The van der Waals surface area contributed by atoms with E-state index >= 15 is 0 Å². The van der Waals surface area contributed by atoms with E-state index in [1.807, 2.05) is 6.07 Å². The summed E-state index contributed by atoms with van der Waals surface area (Å²) in [6.07, 6.45) is 4.01. The minimum absolute atomic E-state index is 0.0951. The number of anilines is 1. The second kappa shape index (κ2) is 6.86. The number of aromatic nitrogens is 1. The van der Waals surface area contributed by atoms with Crippen LogP contribution in [0.2, 0.25) is 0 Å². The largest absolute Gasteiger partial charge is 0.357 e. The zero-order chi connectivity index (χ0) is 17.2. The Kier molecular flexibility index (Phi) is 4.82. The highest BCUT2D eigenvalue weighted by molar-refractivity contribution is 7.89. The van der Waals surface area contributed by atoms with Crippen molar-refractivity contribution < 1.29 is 12.8 Å². The number of sulfonamides is 1. The standard InChI is InChI=1S/C17H20FN3O2S/c1-13-10-15(18)4-5-16(13)24(22,23)20-12-14-6-7-19-17(11-14)21-8-2-3-9-21/h4-7,10-11,20H,2-3,8-9,12H2,1H3. The van der Waals surface area contributed by atoms with Crippen LogP contribution in [0, 0.1) is 12.7 Å². The first-order valence-electron chi connectivity index (χ1n) is 7.91. The first kappa shape index (κ1) is 16.9. The van der Waals surface area contributed by atoms with E-state index in [0.29, 0.717) is 5.56 Å². The Morgan fingerprint density at radius 1 is 1.21 bits per heavy atom. The molecule has 0 radical (unpaired) electrons. The van der Waals surface area contributed by atoms with Crippen molar-refractivity contribution in [3.8, 4) is 0 Å². The van der Waals surface area contributed by atoms with Crippen molar-refractivity contribution in [3.05, 3.63) is 53.5 Å². The summed E-state index contributed by atoms with van der Waals surface area (Å²) in [5.74, 6) is 0.429. The van der Waals surface area contributed by atoms with Crippen molar-refractivity contribution in [2.45, 2.75) is 31.2 Å². The molecule has 0 amide bonds. The van der Waals surface area contributed by atoms with Gasteiger partial charge in [0.2, 0.25) is 10.0 Å². The third-order valence-electron chi connectivity index (χ3n) is 4.13. The minimum Gasteiger partial charge on any atom is -0.357 e. The maximum Gasteiger partial charge on any atom is 0.241 e. The average Bonchev–Trinajstić information content (AvgIpc) is 3.07. The molecule has 0 unspecified atom stereocenters. The minimum atomic E-state index is -3.69. The second-order valence-corrected chi connectivity index (χ2v) is 7.69. The molecule has 1 aromatic heterocycles. The number of aryl methyl sites for hydroxylation is 1. The van der Waals surface area contributed by atoms with Crippen molar-refractivity contribution in [1.82, 2.24) is 9.71 Å². The molecular formula is C17H20FN3O2S. The predicted molar refractivity (Wildman–Crippen MR) is 90.8 cm³/mol. The monoisotopic (exact) mass is 349 g/mol. The molecule has 1 aliphatic rings. The summed E-state index contributed by atoms with van der Waals surface area (Å²) in [5, 5.41) is 0. The lowest BCUT2D eigenvalue weighted by atomic mass is 10.2. The van der Waals surface area contributed by atoms with Gasteiger partial charge < -0.3 is 4.90 Å². The summed E-state index contributed by atoms with van der Waals surface area (Å²) >= 11 is 0. The summed E-state index contributed by atoms with van der Waals surface area (Å²) in [4.78, 5) is 6.65. The van der Waals surface area contributed by atoms with Crippen molar-refractivity contribution >= 4 is 15.8 Å². The molecule has 5 nitrogen and oxygen atoms in total. The van der Waals surface area contributed by atoms with Crippen LogP contribution in [-0.2, 0) is 16.6 Å². The lowest BCUT2D eigenvalue weighted by molar-refractivity contribution is 0.579. The van der Waals surface area contributed by atoms with Crippen LogP contribution in [0.15, 0.2) is 41.4 Å². The van der Waals surface area contributed by atoms with E-state index in [4.69, 9.17) is 0 Å². The molecule has 1 N–H and O–H groups in total. The maximum atomic E-state index is 13.2. The summed E-state index contributed by atoms with van der Waals surface area (Å²) in [7, 11) is -3.69. The normalized spacial score (nSPS) is 15.0. The first-order valence-corrected chi connectivity index (χ1v) is 9.40. The molecule has 128 valence electrons. The van der Waals surface area contributed by atoms with Crippen molar-refractivity contribution in [1.29, 1.82) is 0 Å². The number of pyridine rings is 1. The fourth-order valence-electron chi connectivity index (χ4n) is 2.86. The summed E-state index contributed by atoms with van der Waals surface area (Å²) in [5.41, 5.74) is 1.23. The van der Waals surface area contributed by atoms with Gasteiger partial charge in [0.25, 0.3) is 0 Å². The Morgan fingerprint density at radius 3 is 2.67 bits per heavy atom.